The maximum Gasteiger partial charge on any atom is 0.253 e. The van der Waals surface area contributed by atoms with E-state index in [9.17, 15) is 9.59 Å². The number of nitrogens with one attached hydrogen (secondary N) is 2. The van der Waals surface area contributed by atoms with Gasteiger partial charge in [0.2, 0.25) is 5.91 Å². The first-order valence-corrected chi connectivity index (χ1v) is 8.80. The first-order chi connectivity index (χ1) is 13.6. The van der Waals surface area contributed by atoms with Crippen molar-refractivity contribution in [2.45, 2.75) is 13.5 Å². The molecule has 0 bridgehead atoms. The smallest absolute Gasteiger partial charge is 0.253 e. The summed E-state index contributed by atoms with van der Waals surface area (Å²) in [4.78, 5) is 28.0. The van der Waals surface area contributed by atoms with E-state index in [1.54, 1.807) is 19.4 Å². The van der Waals surface area contributed by atoms with Gasteiger partial charge < -0.3 is 15.4 Å². The van der Waals surface area contributed by atoms with Crippen molar-refractivity contribution in [1.82, 2.24) is 10.3 Å². The van der Waals surface area contributed by atoms with E-state index in [0.29, 0.717) is 17.8 Å². The number of benzene rings is 2. The lowest BCUT2D eigenvalue weighted by molar-refractivity contribution is -0.114. The van der Waals surface area contributed by atoms with Crippen LogP contribution in [0, 0.1) is 0 Å². The van der Waals surface area contributed by atoms with Crippen molar-refractivity contribution in [3.63, 3.8) is 0 Å². The fourth-order valence-corrected chi connectivity index (χ4v) is 2.83. The van der Waals surface area contributed by atoms with Crippen LogP contribution in [-0.2, 0) is 11.3 Å². The van der Waals surface area contributed by atoms with E-state index in [1.807, 2.05) is 48.5 Å². The van der Waals surface area contributed by atoms with E-state index in [4.69, 9.17) is 4.74 Å². The molecule has 0 unspecified atom stereocenters. The fourth-order valence-electron chi connectivity index (χ4n) is 2.83. The van der Waals surface area contributed by atoms with Gasteiger partial charge in [-0.25, -0.2) is 0 Å². The van der Waals surface area contributed by atoms with Gasteiger partial charge in [-0.15, -0.1) is 0 Å². The monoisotopic (exact) mass is 375 g/mol. The lowest BCUT2D eigenvalue weighted by atomic mass is 10.0. The average molecular weight is 375 g/mol. The van der Waals surface area contributed by atoms with Crippen LogP contribution in [0.4, 0.5) is 5.69 Å². The molecule has 2 N–H and O–H groups in total. The standard InChI is InChI=1S/C22H21N3O3/c1-15(26)25-20-8-5-7-16(11-20)18-10-19(13-23-12-18)22(27)24-14-17-6-3-4-9-21(17)28-2/h3-13H,14H2,1-2H3,(H,24,27)(H,25,26). The Hall–Kier alpha value is -3.67. The van der Waals surface area contributed by atoms with Gasteiger partial charge in [-0.05, 0) is 29.8 Å². The Kier molecular flexibility index (Phi) is 6.01. The molecule has 3 rings (SSSR count). The predicted octanol–water partition coefficient (Wildman–Crippen LogP) is 3.65. The number of aromatic nitrogens is 1. The summed E-state index contributed by atoms with van der Waals surface area (Å²) in [6.07, 6.45) is 3.21. The SMILES string of the molecule is COc1ccccc1CNC(=O)c1cncc(-c2cccc(NC(C)=O)c2)c1. The third-order valence-corrected chi connectivity index (χ3v) is 4.15. The number of carbonyl (C=O) groups excluding carboxylic acids is 2. The van der Waals surface area contributed by atoms with Crippen LogP contribution in [0.25, 0.3) is 11.1 Å². The van der Waals surface area contributed by atoms with Crippen LogP contribution in [0.3, 0.4) is 0 Å². The second-order valence-electron chi connectivity index (χ2n) is 6.22. The largest absolute Gasteiger partial charge is 0.496 e. The predicted molar refractivity (Wildman–Crippen MR) is 108 cm³/mol. The zero-order chi connectivity index (χ0) is 19.9. The van der Waals surface area contributed by atoms with E-state index >= 15 is 0 Å². The minimum atomic E-state index is -0.224. The molecule has 2 amide bonds. The number of pyridine rings is 1. The molecule has 3 aromatic rings. The van der Waals surface area contributed by atoms with E-state index in [-0.39, 0.29) is 11.8 Å². The number of anilines is 1. The Bertz CT molecular complexity index is 1000. The molecular formula is C22H21N3O3. The molecule has 1 aromatic heterocycles. The second-order valence-corrected chi connectivity index (χ2v) is 6.22. The summed E-state index contributed by atoms with van der Waals surface area (Å²) in [5.74, 6) is 0.363. The number of ether oxygens (including phenoxy) is 1. The van der Waals surface area contributed by atoms with Crippen LogP contribution >= 0.6 is 0 Å². The summed E-state index contributed by atoms with van der Waals surface area (Å²) in [6.45, 7) is 1.81. The number of methoxy groups -OCH3 is 1. The summed E-state index contributed by atoms with van der Waals surface area (Å²) >= 11 is 0. The zero-order valence-electron chi connectivity index (χ0n) is 15.7. The maximum atomic E-state index is 12.6. The van der Waals surface area contributed by atoms with Gasteiger partial charge in [0.05, 0.1) is 12.7 Å². The molecule has 0 aliphatic rings. The highest BCUT2D eigenvalue weighted by Crippen LogP contribution is 2.23. The molecule has 0 spiro atoms. The molecule has 142 valence electrons. The van der Waals surface area contributed by atoms with Crippen molar-refractivity contribution in [1.29, 1.82) is 0 Å². The highest BCUT2D eigenvalue weighted by molar-refractivity contribution is 5.95. The second kappa shape index (κ2) is 8.81. The highest BCUT2D eigenvalue weighted by atomic mass is 16.5. The van der Waals surface area contributed by atoms with Crippen molar-refractivity contribution in [3.8, 4) is 16.9 Å². The number of amides is 2. The first kappa shape index (κ1) is 19.1. The molecule has 6 nitrogen and oxygen atoms in total. The van der Waals surface area contributed by atoms with Gasteiger partial charge in [0.25, 0.3) is 5.91 Å². The van der Waals surface area contributed by atoms with Crippen molar-refractivity contribution in [3.05, 3.63) is 78.1 Å². The summed E-state index contributed by atoms with van der Waals surface area (Å²) in [6, 6.07) is 16.7. The maximum absolute atomic E-state index is 12.6. The van der Waals surface area contributed by atoms with Gasteiger partial charge in [-0.3, -0.25) is 14.6 Å². The minimum absolute atomic E-state index is 0.139. The summed E-state index contributed by atoms with van der Waals surface area (Å²) in [5.41, 5.74) is 3.69. The van der Waals surface area contributed by atoms with E-state index in [2.05, 4.69) is 15.6 Å². The van der Waals surface area contributed by atoms with Crippen molar-refractivity contribution in [2.75, 3.05) is 12.4 Å². The van der Waals surface area contributed by atoms with Crippen LogP contribution in [0.2, 0.25) is 0 Å². The van der Waals surface area contributed by atoms with Crippen LogP contribution < -0.4 is 15.4 Å². The van der Waals surface area contributed by atoms with Gasteiger partial charge in [0, 0.05) is 42.7 Å². The van der Waals surface area contributed by atoms with E-state index < -0.39 is 0 Å². The van der Waals surface area contributed by atoms with Crippen molar-refractivity contribution in [2.24, 2.45) is 0 Å². The third-order valence-electron chi connectivity index (χ3n) is 4.15. The average Bonchev–Trinajstić information content (AvgIpc) is 2.72. The van der Waals surface area contributed by atoms with Gasteiger partial charge in [0.15, 0.2) is 0 Å². The number of hydrogen-bond donors (Lipinski definition) is 2. The fraction of sp³-hybridized carbons (Fsp3) is 0.136. The molecule has 0 fully saturated rings. The Morgan fingerprint density at radius 1 is 1.00 bits per heavy atom. The summed E-state index contributed by atoms with van der Waals surface area (Å²) in [7, 11) is 1.60. The molecule has 0 saturated carbocycles. The molecular weight excluding hydrogens is 354 g/mol. The van der Waals surface area contributed by atoms with Gasteiger partial charge >= 0.3 is 0 Å². The normalized spacial score (nSPS) is 10.2. The molecule has 0 aliphatic carbocycles. The number of rotatable bonds is 6. The van der Waals surface area contributed by atoms with Gasteiger partial charge in [0.1, 0.15) is 5.75 Å². The van der Waals surface area contributed by atoms with Gasteiger partial charge in [-0.1, -0.05) is 30.3 Å². The molecule has 0 atom stereocenters. The van der Waals surface area contributed by atoms with Crippen LogP contribution in [0.5, 0.6) is 5.75 Å². The third kappa shape index (κ3) is 4.73. The molecule has 1 heterocycles. The van der Waals surface area contributed by atoms with Crippen LogP contribution in [0.1, 0.15) is 22.8 Å². The van der Waals surface area contributed by atoms with Crippen molar-refractivity contribution >= 4 is 17.5 Å². The van der Waals surface area contributed by atoms with Crippen LogP contribution in [-0.4, -0.2) is 23.9 Å². The number of hydrogen-bond acceptors (Lipinski definition) is 4. The lowest BCUT2D eigenvalue weighted by Gasteiger charge is -2.10. The van der Waals surface area contributed by atoms with Crippen LogP contribution in [0.15, 0.2) is 67.0 Å². The molecule has 28 heavy (non-hydrogen) atoms. The zero-order valence-corrected chi connectivity index (χ0v) is 15.7. The molecule has 0 radical (unpaired) electrons. The molecule has 0 saturated heterocycles. The Morgan fingerprint density at radius 3 is 2.61 bits per heavy atom. The Balaban J connectivity index is 1.75. The lowest BCUT2D eigenvalue weighted by Crippen LogP contribution is -2.23. The number of para-hydroxylation sites is 1. The number of carbonyl (C=O) groups is 2. The Morgan fingerprint density at radius 2 is 1.82 bits per heavy atom. The van der Waals surface area contributed by atoms with Gasteiger partial charge in [-0.2, -0.15) is 0 Å². The minimum Gasteiger partial charge on any atom is -0.496 e. The Labute approximate surface area is 163 Å². The topological polar surface area (TPSA) is 80.3 Å². The summed E-state index contributed by atoms with van der Waals surface area (Å²) < 4.78 is 5.31. The van der Waals surface area contributed by atoms with E-state index in [0.717, 1.165) is 22.4 Å². The van der Waals surface area contributed by atoms with Crippen molar-refractivity contribution < 1.29 is 14.3 Å². The first-order valence-electron chi connectivity index (χ1n) is 8.80. The molecule has 0 aliphatic heterocycles. The highest BCUT2D eigenvalue weighted by Gasteiger charge is 2.10. The number of nitrogens with zero attached hydrogens (tertiary/aromatic N) is 1. The molecule has 6 heteroatoms. The quantitative estimate of drug-likeness (QED) is 0.689. The summed E-state index contributed by atoms with van der Waals surface area (Å²) in [5, 5.41) is 5.64. The van der Waals surface area contributed by atoms with E-state index in [1.165, 1.54) is 13.1 Å². The molecule has 2 aromatic carbocycles.